The zero-order valence-corrected chi connectivity index (χ0v) is 12.0. The lowest BCUT2D eigenvalue weighted by Gasteiger charge is -2.21. The van der Waals surface area contributed by atoms with E-state index in [4.69, 9.17) is 4.74 Å². The van der Waals surface area contributed by atoms with Crippen LogP contribution in [0.3, 0.4) is 0 Å². The van der Waals surface area contributed by atoms with Crippen LogP contribution in [0.25, 0.3) is 0 Å². The largest absolute Gasteiger partial charge is 0.383 e. The van der Waals surface area contributed by atoms with Gasteiger partial charge < -0.3 is 9.64 Å². The van der Waals surface area contributed by atoms with Crippen molar-refractivity contribution in [2.24, 2.45) is 7.05 Å². The number of halogens is 1. The number of hydrogen-bond donors (Lipinski definition) is 0. The van der Waals surface area contributed by atoms with Gasteiger partial charge in [0.05, 0.1) is 12.3 Å². The summed E-state index contributed by atoms with van der Waals surface area (Å²) in [4.78, 5) is 14.0. The van der Waals surface area contributed by atoms with Gasteiger partial charge in [0, 0.05) is 32.6 Å². The molecule has 1 heterocycles. The average molecular weight is 304 g/mol. The number of aromatic nitrogens is 2. The maximum atomic E-state index is 12.3. The molecule has 0 aromatic carbocycles. The lowest BCUT2D eigenvalue weighted by molar-refractivity contribution is 0.0698. The molecule has 0 bridgehead atoms. The molecule has 96 valence electrons. The number of methoxy groups -OCH3 is 1. The topological polar surface area (TPSA) is 47.4 Å². The van der Waals surface area contributed by atoms with Gasteiger partial charge in [-0.25, -0.2) is 0 Å². The van der Waals surface area contributed by atoms with Crippen LogP contribution < -0.4 is 0 Å². The first-order chi connectivity index (χ1) is 8.10. The highest BCUT2D eigenvalue weighted by Crippen LogP contribution is 2.07. The molecule has 0 aliphatic carbocycles. The predicted octanol–water partition coefficient (Wildman–Crippen LogP) is 1.21. The Morgan fingerprint density at radius 3 is 2.76 bits per heavy atom. The van der Waals surface area contributed by atoms with E-state index in [1.807, 2.05) is 6.92 Å². The number of alkyl halides is 1. The number of rotatable bonds is 6. The van der Waals surface area contributed by atoms with Crippen LogP contribution in [-0.2, 0) is 11.8 Å². The molecule has 0 aliphatic rings. The van der Waals surface area contributed by atoms with Crippen molar-refractivity contribution in [3.05, 3.63) is 17.5 Å². The first kappa shape index (κ1) is 14.2. The Morgan fingerprint density at radius 2 is 2.29 bits per heavy atom. The fourth-order valence-corrected chi connectivity index (χ4v) is 2.02. The van der Waals surface area contributed by atoms with E-state index < -0.39 is 0 Å². The Labute approximate surface area is 110 Å². The summed E-state index contributed by atoms with van der Waals surface area (Å²) in [6.45, 7) is 3.66. The second-order valence-electron chi connectivity index (χ2n) is 3.77. The van der Waals surface area contributed by atoms with Gasteiger partial charge in [0.2, 0.25) is 0 Å². The molecule has 6 heteroatoms. The van der Waals surface area contributed by atoms with E-state index in [1.54, 1.807) is 29.8 Å². The smallest absolute Gasteiger partial charge is 0.272 e. The quantitative estimate of drug-likeness (QED) is 0.742. The van der Waals surface area contributed by atoms with Gasteiger partial charge in [-0.05, 0) is 13.0 Å². The second kappa shape index (κ2) is 6.76. The summed E-state index contributed by atoms with van der Waals surface area (Å²) in [5.74, 6) is -0.00963. The van der Waals surface area contributed by atoms with Gasteiger partial charge in [0.1, 0.15) is 5.69 Å². The molecule has 5 nitrogen and oxygen atoms in total. The lowest BCUT2D eigenvalue weighted by atomic mass is 10.3. The minimum atomic E-state index is -0.00963. The molecular weight excluding hydrogens is 286 g/mol. The Balaban J connectivity index is 2.79. The number of ether oxygens (including phenoxy) is 1. The number of hydrogen-bond acceptors (Lipinski definition) is 3. The van der Waals surface area contributed by atoms with Gasteiger partial charge in [0.15, 0.2) is 0 Å². The van der Waals surface area contributed by atoms with Crippen LogP contribution in [-0.4, -0.2) is 52.7 Å². The predicted molar refractivity (Wildman–Crippen MR) is 69.5 cm³/mol. The maximum Gasteiger partial charge on any atom is 0.272 e. The van der Waals surface area contributed by atoms with Gasteiger partial charge in [-0.1, -0.05) is 15.9 Å². The number of nitrogens with zero attached hydrogens (tertiary/aromatic N) is 3. The third-order valence-electron chi connectivity index (χ3n) is 2.43. The summed E-state index contributed by atoms with van der Waals surface area (Å²) in [6, 6.07) is 1.80. The van der Waals surface area contributed by atoms with E-state index in [-0.39, 0.29) is 5.91 Å². The Bertz CT molecular complexity index is 379. The van der Waals surface area contributed by atoms with Crippen LogP contribution in [0.5, 0.6) is 0 Å². The zero-order chi connectivity index (χ0) is 12.8. The monoisotopic (exact) mass is 303 g/mol. The molecule has 0 saturated carbocycles. The van der Waals surface area contributed by atoms with Gasteiger partial charge in [-0.3, -0.25) is 9.48 Å². The van der Waals surface area contributed by atoms with Gasteiger partial charge >= 0.3 is 0 Å². The highest BCUT2D eigenvalue weighted by atomic mass is 79.9. The second-order valence-corrected chi connectivity index (χ2v) is 4.56. The van der Waals surface area contributed by atoms with Crippen molar-refractivity contribution >= 4 is 21.8 Å². The first-order valence-electron chi connectivity index (χ1n) is 5.45. The highest BCUT2D eigenvalue weighted by Gasteiger charge is 2.18. The van der Waals surface area contributed by atoms with Crippen LogP contribution in [0.15, 0.2) is 6.07 Å². The van der Waals surface area contributed by atoms with E-state index in [0.717, 1.165) is 11.0 Å². The summed E-state index contributed by atoms with van der Waals surface area (Å²) in [6.07, 6.45) is 0. The summed E-state index contributed by atoms with van der Waals surface area (Å²) in [5, 5.41) is 4.93. The standard InChI is InChI=1S/C11H18BrN3O2/c1-9-8-10(14(2)13-9)11(16)15(5-4-12)6-7-17-3/h8H,4-7H2,1-3H3. The maximum absolute atomic E-state index is 12.3. The Morgan fingerprint density at radius 1 is 1.59 bits per heavy atom. The molecular formula is C11H18BrN3O2. The van der Waals surface area contributed by atoms with Gasteiger partial charge in [-0.15, -0.1) is 0 Å². The van der Waals surface area contributed by atoms with E-state index >= 15 is 0 Å². The molecule has 1 aromatic heterocycles. The van der Waals surface area contributed by atoms with Gasteiger partial charge in [0.25, 0.3) is 5.91 Å². The Kier molecular flexibility index (Phi) is 5.64. The molecule has 0 aliphatic heterocycles. The molecule has 0 unspecified atom stereocenters. The van der Waals surface area contributed by atoms with E-state index in [9.17, 15) is 4.79 Å². The molecule has 1 amide bonds. The molecule has 0 fully saturated rings. The lowest BCUT2D eigenvalue weighted by Crippen LogP contribution is -2.36. The minimum absolute atomic E-state index is 0.00963. The minimum Gasteiger partial charge on any atom is -0.383 e. The van der Waals surface area contributed by atoms with Crippen LogP contribution in [0.1, 0.15) is 16.2 Å². The number of carbonyl (C=O) groups is 1. The van der Waals surface area contributed by atoms with Crippen molar-refractivity contribution in [1.82, 2.24) is 14.7 Å². The van der Waals surface area contributed by atoms with Crippen LogP contribution in [0.4, 0.5) is 0 Å². The molecule has 0 spiro atoms. The third kappa shape index (κ3) is 3.81. The van der Waals surface area contributed by atoms with Crippen LogP contribution in [0, 0.1) is 6.92 Å². The molecule has 0 atom stereocenters. The SMILES string of the molecule is COCCN(CCBr)C(=O)c1cc(C)nn1C. The van der Waals surface area contributed by atoms with Crippen molar-refractivity contribution in [3.63, 3.8) is 0 Å². The zero-order valence-electron chi connectivity index (χ0n) is 10.4. The molecule has 0 saturated heterocycles. The molecule has 0 radical (unpaired) electrons. The summed E-state index contributed by atoms with van der Waals surface area (Å²) in [7, 11) is 3.41. The van der Waals surface area contributed by atoms with Crippen molar-refractivity contribution in [1.29, 1.82) is 0 Å². The summed E-state index contributed by atoms with van der Waals surface area (Å²) in [5.41, 5.74) is 1.46. The Hall–Kier alpha value is -0.880. The van der Waals surface area contributed by atoms with Crippen molar-refractivity contribution in [2.45, 2.75) is 6.92 Å². The molecule has 1 rings (SSSR count). The van der Waals surface area contributed by atoms with Crippen molar-refractivity contribution in [2.75, 3.05) is 32.1 Å². The van der Waals surface area contributed by atoms with E-state index in [0.29, 0.717) is 25.4 Å². The summed E-state index contributed by atoms with van der Waals surface area (Å²) >= 11 is 3.35. The third-order valence-corrected chi connectivity index (χ3v) is 2.78. The summed E-state index contributed by atoms with van der Waals surface area (Å²) < 4.78 is 6.63. The first-order valence-corrected chi connectivity index (χ1v) is 6.57. The van der Waals surface area contributed by atoms with Gasteiger partial charge in [-0.2, -0.15) is 5.10 Å². The average Bonchev–Trinajstić information content (AvgIpc) is 2.63. The normalized spacial score (nSPS) is 10.6. The fourth-order valence-electron chi connectivity index (χ4n) is 1.59. The number of carbonyl (C=O) groups excluding carboxylic acids is 1. The van der Waals surface area contributed by atoms with E-state index in [2.05, 4.69) is 21.0 Å². The number of aryl methyl sites for hydroxylation is 2. The molecule has 1 aromatic rings. The molecule has 17 heavy (non-hydrogen) atoms. The van der Waals surface area contributed by atoms with Crippen molar-refractivity contribution in [3.8, 4) is 0 Å². The number of amides is 1. The highest BCUT2D eigenvalue weighted by molar-refractivity contribution is 9.09. The van der Waals surface area contributed by atoms with Crippen LogP contribution in [0.2, 0.25) is 0 Å². The van der Waals surface area contributed by atoms with Crippen molar-refractivity contribution < 1.29 is 9.53 Å². The van der Waals surface area contributed by atoms with E-state index in [1.165, 1.54) is 0 Å². The fraction of sp³-hybridized carbons (Fsp3) is 0.636. The van der Waals surface area contributed by atoms with Crippen LogP contribution >= 0.6 is 15.9 Å². The molecule has 0 N–H and O–H groups in total.